The van der Waals surface area contributed by atoms with Crippen LogP contribution in [0.4, 0.5) is 5.69 Å². The lowest BCUT2D eigenvalue weighted by Crippen LogP contribution is -2.49. The summed E-state index contributed by atoms with van der Waals surface area (Å²) in [5, 5.41) is 0. The van der Waals surface area contributed by atoms with Gasteiger partial charge in [0.05, 0.1) is 5.69 Å². The van der Waals surface area contributed by atoms with Crippen molar-refractivity contribution < 1.29 is 4.79 Å². The van der Waals surface area contributed by atoms with Crippen LogP contribution in [0.2, 0.25) is 0 Å². The van der Waals surface area contributed by atoms with Gasteiger partial charge in [-0.3, -0.25) is 9.79 Å². The number of piperidine rings is 1. The summed E-state index contributed by atoms with van der Waals surface area (Å²) in [4.78, 5) is 19.8. The third-order valence-electron chi connectivity index (χ3n) is 6.08. The van der Waals surface area contributed by atoms with Crippen LogP contribution in [0.5, 0.6) is 0 Å². The molecular weight excluding hydrogens is 308 g/mol. The van der Waals surface area contributed by atoms with Crippen molar-refractivity contribution in [2.75, 3.05) is 6.54 Å². The Morgan fingerprint density at radius 3 is 2.96 bits per heavy atom. The number of amides is 1. The molecule has 0 radical (unpaired) electrons. The van der Waals surface area contributed by atoms with E-state index in [4.69, 9.17) is 0 Å². The van der Waals surface area contributed by atoms with E-state index >= 15 is 0 Å². The molecule has 0 N–H and O–H groups in total. The highest BCUT2D eigenvalue weighted by Gasteiger charge is 2.38. The van der Waals surface area contributed by atoms with Crippen molar-refractivity contribution in [3.05, 3.63) is 64.7 Å². The Hall–Kier alpha value is -2.42. The molecule has 2 aromatic carbocycles. The van der Waals surface area contributed by atoms with Gasteiger partial charge in [-0.1, -0.05) is 30.3 Å². The van der Waals surface area contributed by atoms with Gasteiger partial charge in [-0.05, 0) is 54.5 Å². The molecule has 0 bridgehead atoms. The molecule has 1 fully saturated rings. The smallest absolute Gasteiger partial charge is 0.254 e. The highest BCUT2D eigenvalue weighted by atomic mass is 16.2. The molecule has 0 aromatic heterocycles. The number of hydrogen-bond acceptors (Lipinski definition) is 2. The first-order valence-corrected chi connectivity index (χ1v) is 9.35. The number of carbonyl (C=O) groups is 1. The van der Waals surface area contributed by atoms with Crippen molar-refractivity contribution in [2.45, 2.75) is 44.1 Å². The number of nitrogens with zero attached hydrogens (tertiary/aromatic N) is 2. The Labute approximate surface area is 148 Å². The summed E-state index contributed by atoms with van der Waals surface area (Å²) >= 11 is 0. The highest BCUT2D eigenvalue weighted by Crippen LogP contribution is 2.41. The Bertz CT molecular complexity index is 870. The molecule has 1 aliphatic carbocycles. The Morgan fingerprint density at radius 1 is 1.08 bits per heavy atom. The van der Waals surface area contributed by atoms with Gasteiger partial charge in [-0.15, -0.1) is 0 Å². The van der Waals surface area contributed by atoms with Crippen molar-refractivity contribution in [2.24, 2.45) is 4.99 Å². The van der Waals surface area contributed by atoms with E-state index in [1.165, 1.54) is 23.1 Å². The highest BCUT2D eigenvalue weighted by molar-refractivity contribution is 5.96. The normalized spacial score (nSPS) is 23.8. The first kappa shape index (κ1) is 14.9. The van der Waals surface area contributed by atoms with Gasteiger partial charge in [-0.2, -0.15) is 0 Å². The van der Waals surface area contributed by atoms with Gasteiger partial charge >= 0.3 is 0 Å². The molecule has 2 atom stereocenters. The molecule has 5 rings (SSSR count). The fourth-order valence-corrected chi connectivity index (χ4v) is 4.85. The van der Waals surface area contributed by atoms with Crippen LogP contribution in [0.15, 0.2) is 47.5 Å². The number of fused-ring (bicyclic) bond motifs is 4. The van der Waals surface area contributed by atoms with Crippen LogP contribution in [0.3, 0.4) is 0 Å². The summed E-state index contributed by atoms with van der Waals surface area (Å²) in [6, 6.07) is 15.2. The van der Waals surface area contributed by atoms with Gasteiger partial charge in [0, 0.05) is 36.7 Å². The van der Waals surface area contributed by atoms with Crippen molar-refractivity contribution in [3.8, 4) is 0 Å². The molecule has 2 heterocycles. The molecule has 25 heavy (non-hydrogen) atoms. The molecule has 0 saturated carbocycles. The molecule has 3 aliphatic rings. The molecule has 1 amide bonds. The molecule has 126 valence electrons. The lowest BCUT2D eigenvalue weighted by molar-refractivity contribution is 0.0547. The SMILES string of the molecule is O=C(c1ccc2c(c1)N=CC2)N1CCCC2c3ccccc3CC[C@H]21. The minimum atomic E-state index is 0.180. The number of benzene rings is 2. The zero-order chi connectivity index (χ0) is 16.8. The predicted molar refractivity (Wildman–Crippen MR) is 99.9 cm³/mol. The number of rotatable bonds is 1. The van der Waals surface area contributed by atoms with Crippen LogP contribution in [0.25, 0.3) is 0 Å². The van der Waals surface area contributed by atoms with Gasteiger partial charge in [0.15, 0.2) is 0 Å². The quantitative estimate of drug-likeness (QED) is 0.768. The molecule has 1 saturated heterocycles. The van der Waals surface area contributed by atoms with Gasteiger partial charge in [0.1, 0.15) is 0 Å². The molecule has 0 spiro atoms. The van der Waals surface area contributed by atoms with Crippen LogP contribution < -0.4 is 0 Å². The maximum absolute atomic E-state index is 13.2. The monoisotopic (exact) mass is 330 g/mol. The van der Waals surface area contributed by atoms with Crippen LogP contribution >= 0.6 is 0 Å². The number of hydrogen-bond donors (Lipinski definition) is 0. The summed E-state index contributed by atoms with van der Waals surface area (Å²) in [7, 11) is 0. The maximum Gasteiger partial charge on any atom is 0.254 e. The molecule has 1 unspecified atom stereocenters. The minimum absolute atomic E-state index is 0.180. The fourth-order valence-electron chi connectivity index (χ4n) is 4.85. The van der Waals surface area contributed by atoms with Crippen LogP contribution in [0, 0.1) is 0 Å². The topological polar surface area (TPSA) is 32.7 Å². The summed E-state index contributed by atoms with van der Waals surface area (Å²) in [5.41, 5.74) is 5.92. The van der Waals surface area contributed by atoms with Gasteiger partial charge < -0.3 is 4.90 Å². The van der Waals surface area contributed by atoms with E-state index in [9.17, 15) is 4.79 Å². The standard InChI is InChI=1S/C22H22N2O/c25-22(17-8-7-16-11-12-23-20(16)14-17)24-13-3-6-19-18-5-2-1-4-15(18)9-10-21(19)24/h1-2,4-5,7-8,12,14,19,21H,3,6,9-11,13H2/t19?,21-/m1/s1. The van der Waals surface area contributed by atoms with Crippen LogP contribution in [-0.4, -0.2) is 29.6 Å². The third-order valence-corrected chi connectivity index (χ3v) is 6.08. The van der Waals surface area contributed by atoms with Gasteiger partial charge in [-0.25, -0.2) is 0 Å². The second-order valence-electron chi connectivity index (χ2n) is 7.41. The van der Waals surface area contributed by atoms with Gasteiger partial charge in [0.2, 0.25) is 0 Å². The van der Waals surface area contributed by atoms with Crippen molar-refractivity contribution in [1.82, 2.24) is 4.90 Å². The lowest BCUT2D eigenvalue weighted by Gasteiger charge is -2.45. The van der Waals surface area contributed by atoms with E-state index in [1.54, 1.807) is 0 Å². The van der Waals surface area contributed by atoms with E-state index in [2.05, 4.69) is 40.2 Å². The Balaban J connectivity index is 1.46. The third kappa shape index (κ3) is 2.41. The lowest BCUT2D eigenvalue weighted by atomic mass is 9.74. The number of carbonyl (C=O) groups excluding carboxylic acids is 1. The number of likely N-dealkylation sites (tertiary alicyclic amines) is 1. The van der Waals surface area contributed by atoms with Crippen LogP contribution in [0.1, 0.15) is 52.2 Å². The summed E-state index contributed by atoms with van der Waals surface area (Å²) in [5.74, 6) is 0.675. The zero-order valence-electron chi connectivity index (χ0n) is 14.3. The first-order chi connectivity index (χ1) is 12.3. The molecule has 2 aromatic rings. The molecular formula is C22H22N2O. The number of aryl methyl sites for hydroxylation is 1. The van der Waals surface area contributed by atoms with E-state index < -0.39 is 0 Å². The average molecular weight is 330 g/mol. The van der Waals surface area contributed by atoms with Crippen molar-refractivity contribution >= 4 is 17.8 Å². The van der Waals surface area contributed by atoms with E-state index in [0.29, 0.717) is 12.0 Å². The van der Waals surface area contributed by atoms with E-state index in [1.807, 2.05) is 18.3 Å². The zero-order valence-corrected chi connectivity index (χ0v) is 14.3. The molecule has 2 aliphatic heterocycles. The fraction of sp³-hybridized carbons (Fsp3) is 0.364. The second kappa shape index (κ2) is 5.83. The Kier molecular flexibility index (Phi) is 3.47. The first-order valence-electron chi connectivity index (χ1n) is 9.35. The van der Waals surface area contributed by atoms with E-state index in [0.717, 1.165) is 43.5 Å². The average Bonchev–Trinajstić information content (AvgIpc) is 3.14. The molecule has 3 heteroatoms. The minimum Gasteiger partial charge on any atom is -0.335 e. The molecule has 3 nitrogen and oxygen atoms in total. The van der Waals surface area contributed by atoms with E-state index in [-0.39, 0.29) is 5.91 Å². The van der Waals surface area contributed by atoms with Crippen LogP contribution in [-0.2, 0) is 12.8 Å². The van der Waals surface area contributed by atoms with Crippen molar-refractivity contribution in [3.63, 3.8) is 0 Å². The largest absolute Gasteiger partial charge is 0.335 e. The number of aliphatic imine (C=N–C) groups is 1. The second-order valence-corrected chi connectivity index (χ2v) is 7.41. The van der Waals surface area contributed by atoms with Gasteiger partial charge in [0.25, 0.3) is 5.91 Å². The Morgan fingerprint density at radius 2 is 2.00 bits per heavy atom. The predicted octanol–water partition coefficient (Wildman–Crippen LogP) is 4.28. The summed E-state index contributed by atoms with van der Waals surface area (Å²) in [6.45, 7) is 0.877. The van der Waals surface area contributed by atoms with Crippen molar-refractivity contribution in [1.29, 1.82) is 0 Å². The summed E-state index contributed by atoms with van der Waals surface area (Å²) < 4.78 is 0. The maximum atomic E-state index is 13.2. The summed E-state index contributed by atoms with van der Waals surface area (Å²) in [6.07, 6.45) is 7.25.